The fourth-order valence-corrected chi connectivity index (χ4v) is 2.76. The molecule has 0 unspecified atom stereocenters. The summed E-state index contributed by atoms with van der Waals surface area (Å²) in [5, 5.41) is 18.7. The molecule has 0 spiro atoms. The van der Waals surface area contributed by atoms with E-state index in [1.54, 1.807) is 29.1 Å². The Hall–Kier alpha value is -3.73. The van der Waals surface area contributed by atoms with Crippen molar-refractivity contribution in [1.29, 1.82) is 0 Å². The summed E-state index contributed by atoms with van der Waals surface area (Å²) in [4.78, 5) is 4.63. The number of phenolic OH excluding ortho intramolecular Hbond substituents is 1. The molecule has 1 aromatic heterocycles. The zero-order valence-corrected chi connectivity index (χ0v) is 14.8. The summed E-state index contributed by atoms with van der Waals surface area (Å²) >= 11 is 0. The molecule has 0 aliphatic rings. The van der Waals surface area contributed by atoms with Gasteiger partial charge < -0.3 is 5.11 Å². The molecule has 0 bridgehead atoms. The maximum absolute atomic E-state index is 10.0. The second-order valence-electron chi connectivity index (χ2n) is 6.19. The minimum Gasteiger partial charge on any atom is -0.507 e. The molecular formula is C22H18N4O. The Kier molecular flexibility index (Phi) is 4.49. The highest BCUT2D eigenvalue weighted by atomic mass is 16.3. The Morgan fingerprint density at radius 2 is 1.59 bits per heavy atom. The summed E-state index contributed by atoms with van der Waals surface area (Å²) in [6, 6.07) is 24.9. The number of aliphatic imine (C=N–C) groups is 1. The first-order valence-corrected chi connectivity index (χ1v) is 8.62. The van der Waals surface area contributed by atoms with Gasteiger partial charge in [0, 0.05) is 17.3 Å². The Morgan fingerprint density at radius 3 is 2.33 bits per heavy atom. The van der Waals surface area contributed by atoms with Crippen LogP contribution in [0.4, 0.5) is 5.82 Å². The first-order valence-electron chi connectivity index (χ1n) is 8.62. The largest absolute Gasteiger partial charge is 0.507 e. The number of benzene rings is 3. The number of aromatic hydroxyl groups is 1. The molecular weight excluding hydrogens is 336 g/mol. The van der Waals surface area contributed by atoms with Crippen LogP contribution in [0, 0.1) is 6.92 Å². The first kappa shape index (κ1) is 16.7. The Bertz CT molecular complexity index is 1080. The van der Waals surface area contributed by atoms with Crippen LogP contribution in [-0.4, -0.2) is 26.3 Å². The smallest absolute Gasteiger partial charge is 0.184 e. The summed E-state index contributed by atoms with van der Waals surface area (Å²) < 4.78 is 1.71. The van der Waals surface area contributed by atoms with Crippen molar-refractivity contribution < 1.29 is 5.11 Å². The number of nitrogens with zero attached hydrogens (tertiary/aromatic N) is 4. The van der Waals surface area contributed by atoms with E-state index in [1.165, 1.54) is 5.56 Å². The molecule has 5 heteroatoms. The lowest BCUT2D eigenvalue weighted by Gasteiger charge is -2.05. The van der Waals surface area contributed by atoms with Crippen LogP contribution in [0.3, 0.4) is 0 Å². The topological polar surface area (TPSA) is 63.3 Å². The fourth-order valence-electron chi connectivity index (χ4n) is 2.76. The van der Waals surface area contributed by atoms with E-state index in [9.17, 15) is 5.11 Å². The van der Waals surface area contributed by atoms with Gasteiger partial charge in [0.2, 0.25) is 0 Å². The van der Waals surface area contributed by atoms with E-state index >= 15 is 0 Å². The molecule has 0 radical (unpaired) electrons. The van der Waals surface area contributed by atoms with Gasteiger partial charge in [0.1, 0.15) is 11.4 Å². The molecule has 1 N–H and O–H groups in total. The van der Waals surface area contributed by atoms with E-state index in [-0.39, 0.29) is 5.75 Å². The fraction of sp³-hybridized carbons (Fsp3) is 0.0455. The van der Waals surface area contributed by atoms with Gasteiger partial charge in [-0.1, -0.05) is 65.4 Å². The summed E-state index contributed by atoms with van der Waals surface area (Å²) in [5.74, 6) is 0.783. The third-order valence-corrected chi connectivity index (χ3v) is 4.24. The van der Waals surface area contributed by atoms with Crippen LogP contribution >= 0.6 is 0 Å². The van der Waals surface area contributed by atoms with Crippen molar-refractivity contribution >= 4 is 12.0 Å². The van der Waals surface area contributed by atoms with Crippen molar-refractivity contribution in [2.24, 2.45) is 4.99 Å². The van der Waals surface area contributed by atoms with Gasteiger partial charge in [-0.25, -0.2) is 4.99 Å². The third-order valence-electron chi connectivity index (χ3n) is 4.24. The molecule has 4 aromatic rings. The molecule has 0 amide bonds. The van der Waals surface area contributed by atoms with Crippen molar-refractivity contribution in [2.45, 2.75) is 6.92 Å². The number of aryl methyl sites for hydroxylation is 1. The summed E-state index contributed by atoms with van der Waals surface area (Å²) in [6.07, 6.45) is 1.63. The highest BCUT2D eigenvalue weighted by Crippen LogP contribution is 2.30. The minimum atomic E-state index is 0.178. The van der Waals surface area contributed by atoms with Crippen LogP contribution in [0.1, 0.15) is 11.1 Å². The molecule has 5 nitrogen and oxygen atoms in total. The summed E-state index contributed by atoms with van der Waals surface area (Å²) in [6.45, 7) is 2.04. The van der Waals surface area contributed by atoms with Crippen LogP contribution in [0.2, 0.25) is 0 Å². The van der Waals surface area contributed by atoms with E-state index in [0.717, 1.165) is 11.3 Å². The van der Waals surface area contributed by atoms with E-state index in [0.29, 0.717) is 17.1 Å². The van der Waals surface area contributed by atoms with E-state index in [2.05, 4.69) is 15.3 Å². The molecule has 132 valence electrons. The lowest BCUT2D eigenvalue weighted by molar-refractivity contribution is 0.474. The molecule has 0 saturated heterocycles. The zero-order chi connectivity index (χ0) is 18.6. The van der Waals surface area contributed by atoms with Crippen LogP contribution in [-0.2, 0) is 0 Å². The van der Waals surface area contributed by atoms with Gasteiger partial charge in [-0.15, -0.1) is 5.10 Å². The van der Waals surface area contributed by atoms with Gasteiger partial charge in [-0.05, 0) is 31.2 Å². The van der Waals surface area contributed by atoms with Crippen molar-refractivity contribution in [1.82, 2.24) is 15.0 Å². The maximum Gasteiger partial charge on any atom is 0.184 e. The normalized spacial score (nSPS) is 11.1. The van der Waals surface area contributed by atoms with E-state index in [4.69, 9.17) is 0 Å². The summed E-state index contributed by atoms with van der Waals surface area (Å²) in [7, 11) is 0. The Morgan fingerprint density at radius 1 is 0.889 bits per heavy atom. The second-order valence-corrected chi connectivity index (χ2v) is 6.19. The predicted molar refractivity (Wildman–Crippen MR) is 107 cm³/mol. The molecule has 0 aliphatic heterocycles. The molecule has 1 heterocycles. The van der Waals surface area contributed by atoms with Gasteiger partial charge in [-0.3, -0.25) is 0 Å². The molecule has 0 fully saturated rings. The second kappa shape index (κ2) is 7.25. The van der Waals surface area contributed by atoms with Crippen LogP contribution in [0.5, 0.6) is 5.75 Å². The Balaban J connectivity index is 1.84. The maximum atomic E-state index is 10.0. The van der Waals surface area contributed by atoms with Crippen LogP contribution < -0.4 is 0 Å². The minimum absolute atomic E-state index is 0.178. The quantitative estimate of drug-likeness (QED) is 0.540. The lowest BCUT2D eigenvalue weighted by Crippen LogP contribution is -1.96. The lowest BCUT2D eigenvalue weighted by atomic mass is 10.1. The monoisotopic (exact) mass is 354 g/mol. The van der Waals surface area contributed by atoms with E-state index < -0.39 is 0 Å². The first-order chi connectivity index (χ1) is 13.2. The predicted octanol–water partition coefficient (Wildman–Crippen LogP) is 4.70. The molecule has 0 atom stereocenters. The average molecular weight is 354 g/mol. The number of hydrogen-bond acceptors (Lipinski definition) is 4. The summed E-state index contributed by atoms with van der Waals surface area (Å²) in [5.41, 5.74) is 4.29. The molecule has 0 aliphatic carbocycles. The van der Waals surface area contributed by atoms with Crippen molar-refractivity contribution in [3.05, 3.63) is 90.0 Å². The zero-order valence-electron chi connectivity index (χ0n) is 14.8. The molecule has 3 aromatic carbocycles. The third kappa shape index (κ3) is 3.48. The standard InChI is InChI=1S/C22H18N4O/c1-16-11-13-19(14-12-16)26-22(23-15-18-9-5-6-10-20(18)27)21(24-25-26)17-7-3-2-4-8-17/h2-15,27H,1H3/b23-15+. The number of para-hydroxylation sites is 1. The average Bonchev–Trinajstić information content (AvgIpc) is 3.12. The van der Waals surface area contributed by atoms with Crippen molar-refractivity contribution in [3.63, 3.8) is 0 Å². The van der Waals surface area contributed by atoms with Gasteiger partial charge in [0.05, 0.1) is 5.69 Å². The number of rotatable bonds is 4. The SMILES string of the molecule is Cc1ccc(-n2nnc(-c3ccccc3)c2/N=C/c2ccccc2O)cc1. The molecule has 27 heavy (non-hydrogen) atoms. The highest BCUT2D eigenvalue weighted by molar-refractivity contribution is 5.86. The number of hydrogen-bond donors (Lipinski definition) is 1. The van der Waals surface area contributed by atoms with Crippen LogP contribution in [0.25, 0.3) is 16.9 Å². The van der Waals surface area contributed by atoms with Gasteiger partial charge in [0.15, 0.2) is 5.82 Å². The van der Waals surface area contributed by atoms with Crippen molar-refractivity contribution in [2.75, 3.05) is 0 Å². The molecule has 4 rings (SSSR count). The van der Waals surface area contributed by atoms with Gasteiger partial charge >= 0.3 is 0 Å². The number of aromatic nitrogens is 3. The van der Waals surface area contributed by atoms with Crippen molar-refractivity contribution in [3.8, 4) is 22.7 Å². The van der Waals surface area contributed by atoms with Gasteiger partial charge in [-0.2, -0.15) is 4.68 Å². The van der Waals surface area contributed by atoms with Gasteiger partial charge in [0.25, 0.3) is 0 Å². The van der Waals surface area contributed by atoms with Crippen LogP contribution in [0.15, 0.2) is 83.9 Å². The number of phenols is 1. The molecule has 0 saturated carbocycles. The van der Waals surface area contributed by atoms with E-state index in [1.807, 2.05) is 67.6 Å². The Labute approximate surface area is 157 Å². The highest BCUT2D eigenvalue weighted by Gasteiger charge is 2.15.